The number of carbonyl (C=O) groups excluding carboxylic acids is 5. The number of likely N-dealkylation sites (N-methyl/N-ethyl adjacent to an activating group) is 1. The Morgan fingerprint density at radius 2 is 1.67 bits per heavy atom. The third kappa shape index (κ3) is 5.13. The minimum absolute atomic E-state index is 0.0443. The lowest BCUT2D eigenvalue weighted by atomic mass is 10.1. The highest BCUT2D eigenvalue weighted by Gasteiger charge is 2.34. The minimum atomic E-state index is -0.624. The van der Waals surface area contributed by atoms with E-state index in [-0.39, 0.29) is 43.7 Å². The van der Waals surface area contributed by atoms with E-state index in [0.717, 1.165) is 4.90 Å². The second-order valence-corrected chi connectivity index (χ2v) is 6.14. The Balaban J connectivity index is 1.68. The number of imide groups is 1. The van der Waals surface area contributed by atoms with Gasteiger partial charge in [0.25, 0.3) is 17.7 Å². The van der Waals surface area contributed by atoms with Crippen LogP contribution >= 0.6 is 0 Å². The van der Waals surface area contributed by atoms with Crippen LogP contribution in [-0.4, -0.2) is 73.2 Å². The van der Waals surface area contributed by atoms with Crippen molar-refractivity contribution in [2.45, 2.75) is 12.8 Å². The van der Waals surface area contributed by atoms with E-state index < -0.39 is 18.5 Å². The van der Waals surface area contributed by atoms with Crippen LogP contribution in [0.5, 0.6) is 0 Å². The van der Waals surface area contributed by atoms with Gasteiger partial charge in [0.1, 0.15) is 0 Å². The number of nitrogens with one attached hydrogen (secondary N) is 1. The number of carbonyl (C=O) groups is 5. The Hall–Kier alpha value is -3.23. The highest BCUT2D eigenvalue weighted by atomic mass is 16.5. The van der Waals surface area contributed by atoms with Gasteiger partial charge in [-0.25, -0.2) is 0 Å². The topological polar surface area (TPSA) is 113 Å². The highest BCUT2D eigenvalue weighted by Crippen LogP contribution is 2.22. The first-order valence-corrected chi connectivity index (χ1v) is 8.39. The second-order valence-electron chi connectivity index (χ2n) is 6.14. The summed E-state index contributed by atoms with van der Waals surface area (Å²) in [5, 5.41) is 2.34. The maximum absolute atomic E-state index is 12.2. The molecule has 0 unspecified atom stereocenters. The van der Waals surface area contributed by atoms with E-state index in [4.69, 9.17) is 4.74 Å². The van der Waals surface area contributed by atoms with Crippen molar-refractivity contribution >= 4 is 29.6 Å². The van der Waals surface area contributed by atoms with Gasteiger partial charge < -0.3 is 15.0 Å². The molecule has 0 saturated heterocycles. The van der Waals surface area contributed by atoms with E-state index >= 15 is 0 Å². The molecule has 4 amide bonds. The summed E-state index contributed by atoms with van der Waals surface area (Å²) >= 11 is 0. The summed E-state index contributed by atoms with van der Waals surface area (Å²) < 4.78 is 4.81. The van der Waals surface area contributed by atoms with Crippen LogP contribution in [-0.2, 0) is 19.1 Å². The van der Waals surface area contributed by atoms with Crippen molar-refractivity contribution in [3.8, 4) is 0 Å². The number of fused-ring (bicyclic) bond motifs is 1. The monoisotopic (exact) mass is 375 g/mol. The molecule has 2 rings (SSSR count). The zero-order chi connectivity index (χ0) is 20.0. The summed E-state index contributed by atoms with van der Waals surface area (Å²) in [4.78, 5) is 61.3. The van der Waals surface area contributed by atoms with E-state index in [1.54, 1.807) is 38.4 Å². The maximum Gasteiger partial charge on any atom is 0.306 e. The Morgan fingerprint density at radius 1 is 1.07 bits per heavy atom. The molecule has 0 aromatic heterocycles. The van der Waals surface area contributed by atoms with Gasteiger partial charge >= 0.3 is 5.97 Å². The van der Waals surface area contributed by atoms with Crippen molar-refractivity contribution in [2.24, 2.45) is 0 Å². The van der Waals surface area contributed by atoms with Gasteiger partial charge in [0.2, 0.25) is 5.91 Å². The molecule has 0 saturated carbocycles. The molecule has 0 spiro atoms. The third-order valence-corrected chi connectivity index (χ3v) is 3.94. The van der Waals surface area contributed by atoms with Crippen LogP contribution < -0.4 is 5.32 Å². The summed E-state index contributed by atoms with van der Waals surface area (Å²) in [6.07, 6.45) is 0.183. The van der Waals surface area contributed by atoms with Crippen LogP contribution in [0.15, 0.2) is 24.3 Å². The Labute approximate surface area is 156 Å². The molecule has 0 fully saturated rings. The van der Waals surface area contributed by atoms with Gasteiger partial charge in [-0.2, -0.15) is 0 Å². The van der Waals surface area contributed by atoms with Gasteiger partial charge in [0.05, 0.1) is 17.7 Å². The zero-order valence-electron chi connectivity index (χ0n) is 15.2. The van der Waals surface area contributed by atoms with E-state index in [2.05, 4.69) is 5.32 Å². The lowest BCUT2D eigenvalue weighted by Gasteiger charge is -2.13. The Kier molecular flexibility index (Phi) is 6.64. The van der Waals surface area contributed by atoms with Crippen molar-refractivity contribution in [1.29, 1.82) is 0 Å². The quantitative estimate of drug-likeness (QED) is 0.498. The van der Waals surface area contributed by atoms with Crippen LogP contribution in [0.1, 0.15) is 33.6 Å². The average molecular weight is 375 g/mol. The van der Waals surface area contributed by atoms with E-state index in [1.165, 1.54) is 4.90 Å². The number of nitrogens with zero attached hydrogens (tertiary/aromatic N) is 2. The van der Waals surface area contributed by atoms with Crippen LogP contribution in [0.2, 0.25) is 0 Å². The number of hydrogen-bond donors (Lipinski definition) is 1. The predicted molar refractivity (Wildman–Crippen MR) is 93.7 cm³/mol. The predicted octanol–water partition coefficient (Wildman–Crippen LogP) is -0.190. The molecule has 9 heteroatoms. The fraction of sp³-hybridized carbons (Fsp3) is 0.389. The molecule has 1 aliphatic rings. The SMILES string of the molecule is CN(C)C(=O)CNC(=O)COC(=O)CCCN1C(=O)c2ccccc2C1=O. The molecule has 0 atom stereocenters. The summed E-state index contributed by atoms with van der Waals surface area (Å²) in [5.74, 6) is -2.25. The number of benzene rings is 1. The summed E-state index contributed by atoms with van der Waals surface area (Å²) in [6, 6.07) is 6.54. The van der Waals surface area contributed by atoms with Gasteiger partial charge in [0.15, 0.2) is 6.61 Å². The fourth-order valence-electron chi connectivity index (χ4n) is 2.43. The second kappa shape index (κ2) is 8.93. The molecule has 1 aromatic carbocycles. The smallest absolute Gasteiger partial charge is 0.306 e. The van der Waals surface area contributed by atoms with Crippen molar-refractivity contribution in [3.05, 3.63) is 35.4 Å². The number of rotatable bonds is 8. The Bertz CT molecular complexity index is 739. The highest BCUT2D eigenvalue weighted by molar-refractivity contribution is 6.21. The first-order chi connectivity index (χ1) is 12.8. The molecule has 0 aliphatic carbocycles. The molecular formula is C18H21N3O6. The van der Waals surface area contributed by atoms with Crippen molar-refractivity contribution in [2.75, 3.05) is 33.8 Å². The third-order valence-electron chi connectivity index (χ3n) is 3.94. The van der Waals surface area contributed by atoms with E-state index in [9.17, 15) is 24.0 Å². The van der Waals surface area contributed by atoms with Crippen molar-refractivity contribution < 1.29 is 28.7 Å². The van der Waals surface area contributed by atoms with E-state index in [1.807, 2.05) is 0 Å². The number of amides is 4. The first kappa shape index (κ1) is 20.1. The molecule has 1 aromatic rings. The van der Waals surface area contributed by atoms with Crippen molar-refractivity contribution in [1.82, 2.24) is 15.1 Å². The molecule has 27 heavy (non-hydrogen) atoms. The van der Waals surface area contributed by atoms with Crippen LogP contribution in [0, 0.1) is 0 Å². The van der Waals surface area contributed by atoms with Crippen LogP contribution in [0.25, 0.3) is 0 Å². The number of esters is 1. The summed E-state index contributed by atoms with van der Waals surface area (Å²) in [7, 11) is 3.12. The maximum atomic E-state index is 12.2. The zero-order valence-corrected chi connectivity index (χ0v) is 15.2. The standard InChI is InChI=1S/C18H21N3O6/c1-20(2)15(23)10-19-14(22)11-27-16(24)8-5-9-21-17(25)12-6-3-4-7-13(12)18(21)26/h3-4,6-7H,5,8-11H2,1-2H3,(H,19,22). The van der Waals surface area contributed by atoms with E-state index in [0.29, 0.717) is 11.1 Å². The van der Waals surface area contributed by atoms with Crippen LogP contribution in [0.4, 0.5) is 0 Å². The van der Waals surface area contributed by atoms with Crippen molar-refractivity contribution in [3.63, 3.8) is 0 Å². The van der Waals surface area contributed by atoms with Gasteiger partial charge in [-0.3, -0.25) is 28.9 Å². The molecule has 9 nitrogen and oxygen atoms in total. The first-order valence-electron chi connectivity index (χ1n) is 8.39. The molecule has 1 heterocycles. The molecule has 144 valence electrons. The lowest BCUT2D eigenvalue weighted by molar-refractivity contribution is -0.148. The van der Waals surface area contributed by atoms with Gasteiger partial charge in [-0.1, -0.05) is 12.1 Å². The lowest BCUT2D eigenvalue weighted by Crippen LogP contribution is -2.38. The molecular weight excluding hydrogens is 354 g/mol. The summed E-state index contributed by atoms with van der Waals surface area (Å²) in [5.41, 5.74) is 0.711. The molecule has 1 aliphatic heterocycles. The van der Waals surface area contributed by atoms with Gasteiger partial charge in [-0.05, 0) is 18.6 Å². The Morgan fingerprint density at radius 3 is 2.22 bits per heavy atom. The molecule has 0 bridgehead atoms. The summed E-state index contributed by atoms with van der Waals surface area (Å²) in [6.45, 7) is -0.583. The fourth-order valence-corrected chi connectivity index (χ4v) is 2.43. The average Bonchev–Trinajstić information content (AvgIpc) is 2.89. The minimum Gasteiger partial charge on any atom is -0.456 e. The van der Waals surface area contributed by atoms with Crippen LogP contribution in [0.3, 0.4) is 0 Å². The number of ether oxygens (including phenoxy) is 1. The molecule has 0 radical (unpaired) electrons. The van der Waals surface area contributed by atoms with Gasteiger partial charge in [-0.15, -0.1) is 0 Å². The van der Waals surface area contributed by atoms with Gasteiger partial charge in [0, 0.05) is 27.1 Å². The number of hydrogen-bond acceptors (Lipinski definition) is 6. The normalized spacial score (nSPS) is 12.6. The largest absolute Gasteiger partial charge is 0.456 e. The molecule has 1 N–H and O–H groups in total.